The molecule has 0 unspecified atom stereocenters. The summed E-state index contributed by atoms with van der Waals surface area (Å²) in [5, 5.41) is 27.5. The number of para-hydroxylation sites is 1. The first kappa shape index (κ1) is 15.2. The van der Waals surface area contributed by atoms with E-state index in [1.807, 2.05) is 43.3 Å². The molecule has 0 aliphatic rings. The van der Waals surface area contributed by atoms with E-state index in [0.717, 1.165) is 11.4 Å². The van der Waals surface area contributed by atoms with Crippen LogP contribution in [-0.2, 0) is 0 Å². The molecule has 0 aliphatic heterocycles. The molecule has 0 aliphatic carbocycles. The smallest absolute Gasteiger partial charge is 0.293 e. The lowest BCUT2D eigenvalue weighted by atomic mass is 10.2. The molecule has 3 aromatic rings. The van der Waals surface area contributed by atoms with Crippen LogP contribution in [-0.4, -0.2) is 14.7 Å². The van der Waals surface area contributed by atoms with Gasteiger partial charge in [0.25, 0.3) is 5.69 Å². The van der Waals surface area contributed by atoms with Crippen molar-refractivity contribution in [3.05, 3.63) is 76.1 Å². The van der Waals surface area contributed by atoms with Crippen LogP contribution in [0.5, 0.6) is 0 Å². The normalized spacial score (nSPS) is 10.2. The van der Waals surface area contributed by atoms with Gasteiger partial charge in [-0.1, -0.05) is 18.2 Å². The van der Waals surface area contributed by atoms with Gasteiger partial charge in [-0.25, -0.2) is 4.68 Å². The highest BCUT2D eigenvalue weighted by molar-refractivity contribution is 5.71. The van der Waals surface area contributed by atoms with Crippen LogP contribution in [0.4, 0.5) is 17.1 Å². The third kappa shape index (κ3) is 2.80. The highest BCUT2D eigenvalue weighted by atomic mass is 16.6. The van der Waals surface area contributed by atoms with E-state index in [9.17, 15) is 10.1 Å². The predicted octanol–water partition coefficient (Wildman–Crippen LogP) is 3.70. The highest BCUT2D eigenvalue weighted by Gasteiger charge is 2.17. The minimum Gasteiger partial charge on any atom is -0.347 e. The molecule has 118 valence electrons. The van der Waals surface area contributed by atoms with Gasteiger partial charge in [-0.05, 0) is 31.2 Å². The lowest BCUT2D eigenvalue weighted by Gasteiger charge is -2.08. The van der Waals surface area contributed by atoms with Crippen molar-refractivity contribution in [2.75, 3.05) is 5.32 Å². The molecule has 0 fully saturated rings. The molecular weight excluding hydrogens is 306 g/mol. The first-order chi connectivity index (χ1) is 11.6. The second kappa shape index (κ2) is 6.22. The van der Waals surface area contributed by atoms with Gasteiger partial charge in [0.15, 0.2) is 0 Å². The fourth-order valence-electron chi connectivity index (χ4n) is 2.36. The molecule has 7 heteroatoms. The maximum atomic E-state index is 11.2. The van der Waals surface area contributed by atoms with Crippen molar-refractivity contribution in [2.45, 2.75) is 6.92 Å². The van der Waals surface area contributed by atoms with Crippen molar-refractivity contribution in [2.24, 2.45) is 0 Å². The van der Waals surface area contributed by atoms with Crippen LogP contribution in [0.3, 0.4) is 0 Å². The second-order valence-electron chi connectivity index (χ2n) is 5.12. The number of anilines is 2. The number of nitro groups is 1. The first-order valence-corrected chi connectivity index (χ1v) is 7.16. The molecule has 0 spiro atoms. The van der Waals surface area contributed by atoms with Gasteiger partial charge in [-0.15, -0.1) is 0 Å². The van der Waals surface area contributed by atoms with Gasteiger partial charge in [0.2, 0.25) is 0 Å². The summed E-state index contributed by atoms with van der Waals surface area (Å²) in [4.78, 5) is 10.7. The van der Waals surface area contributed by atoms with Crippen molar-refractivity contribution in [1.29, 1.82) is 5.26 Å². The molecule has 7 nitrogen and oxygen atoms in total. The standard InChI is InChI=1S/C17H13N5O2/c1-12-16(11-19-21(12)14-5-3-2-4-6-14)20-15-8-7-13(10-18)9-17(15)22(23)24/h2-9,11,20H,1H3. The van der Waals surface area contributed by atoms with Crippen LogP contribution in [0.15, 0.2) is 54.7 Å². The van der Waals surface area contributed by atoms with E-state index in [-0.39, 0.29) is 11.3 Å². The summed E-state index contributed by atoms with van der Waals surface area (Å²) in [5.41, 5.74) is 2.78. The summed E-state index contributed by atoms with van der Waals surface area (Å²) in [6.45, 7) is 1.87. The van der Waals surface area contributed by atoms with E-state index in [1.54, 1.807) is 10.9 Å². The second-order valence-corrected chi connectivity index (χ2v) is 5.12. The Morgan fingerprint density at radius 2 is 1.96 bits per heavy atom. The minimum atomic E-state index is -0.514. The van der Waals surface area contributed by atoms with Crippen LogP contribution in [0, 0.1) is 28.4 Å². The summed E-state index contributed by atoms with van der Waals surface area (Å²) in [6.07, 6.45) is 1.62. The number of nitrogens with one attached hydrogen (secondary N) is 1. The summed E-state index contributed by atoms with van der Waals surface area (Å²) in [7, 11) is 0. The predicted molar refractivity (Wildman–Crippen MR) is 89.4 cm³/mol. The number of hydrogen-bond donors (Lipinski definition) is 1. The van der Waals surface area contributed by atoms with Crippen molar-refractivity contribution < 1.29 is 4.92 Å². The van der Waals surface area contributed by atoms with E-state index in [2.05, 4.69) is 10.4 Å². The van der Waals surface area contributed by atoms with E-state index in [4.69, 9.17) is 5.26 Å². The fourth-order valence-corrected chi connectivity index (χ4v) is 2.36. The molecule has 1 aromatic heterocycles. The number of benzene rings is 2. The van der Waals surface area contributed by atoms with Crippen molar-refractivity contribution in [3.63, 3.8) is 0 Å². The number of aromatic nitrogens is 2. The van der Waals surface area contributed by atoms with Gasteiger partial charge in [0.1, 0.15) is 5.69 Å². The van der Waals surface area contributed by atoms with Crippen molar-refractivity contribution in [1.82, 2.24) is 9.78 Å². The van der Waals surface area contributed by atoms with Gasteiger partial charge in [-0.2, -0.15) is 10.4 Å². The molecule has 0 bridgehead atoms. The zero-order valence-corrected chi connectivity index (χ0v) is 12.8. The maximum absolute atomic E-state index is 11.2. The summed E-state index contributed by atoms with van der Waals surface area (Å²) >= 11 is 0. The molecule has 1 N–H and O–H groups in total. The number of rotatable bonds is 4. The van der Waals surface area contributed by atoms with Crippen LogP contribution in [0.2, 0.25) is 0 Å². The lowest BCUT2D eigenvalue weighted by molar-refractivity contribution is -0.383. The third-order valence-electron chi connectivity index (χ3n) is 3.60. The molecule has 1 heterocycles. The summed E-state index contributed by atoms with van der Waals surface area (Å²) in [6, 6.07) is 15.8. The zero-order chi connectivity index (χ0) is 17.1. The monoisotopic (exact) mass is 319 g/mol. The SMILES string of the molecule is Cc1c(Nc2ccc(C#N)cc2[N+](=O)[O-])cnn1-c1ccccc1. The first-order valence-electron chi connectivity index (χ1n) is 7.16. The van der Waals surface area contributed by atoms with Gasteiger partial charge >= 0.3 is 0 Å². The molecular formula is C17H13N5O2. The molecule has 0 saturated carbocycles. The zero-order valence-electron chi connectivity index (χ0n) is 12.8. The maximum Gasteiger partial charge on any atom is 0.293 e. The minimum absolute atomic E-state index is 0.152. The van der Waals surface area contributed by atoms with Gasteiger partial charge in [-0.3, -0.25) is 10.1 Å². The molecule has 24 heavy (non-hydrogen) atoms. The highest BCUT2D eigenvalue weighted by Crippen LogP contribution is 2.30. The van der Waals surface area contributed by atoms with Gasteiger partial charge in [0.05, 0.1) is 39.8 Å². The molecule has 0 amide bonds. The number of nitrogens with zero attached hydrogens (tertiary/aromatic N) is 4. The van der Waals surface area contributed by atoms with Crippen molar-refractivity contribution >= 4 is 17.1 Å². The third-order valence-corrected chi connectivity index (χ3v) is 3.60. The Labute approximate surface area is 137 Å². The Hall–Kier alpha value is -3.66. The molecule has 2 aromatic carbocycles. The Kier molecular flexibility index (Phi) is 3.95. The average Bonchev–Trinajstić information content (AvgIpc) is 2.96. The molecule has 3 rings (SSSR count). The summed E-state index contributed by atoms with van der Waals surface area (Å²) in [5.74, 6) is 0. The molecule has 0 saturated heterocycles. The summed E-state index contributed by atoms with van der Waals surface area (Å²) < 4.78 is 1.75. The number of nitro benzene ring substituents is 1. The van der Waals surface area contributed by atoms with E-state index in [0.29, 0.717) is 11.4 Å². The lowest BCUT2D eigenvalue weighted by Crippen LogP contribution is -2.01. The van der Waals surface area contributed by atoms with Gasteiger partial charge < -0.3 is 5.32 Å². The fraction of sp³-hybridized carbons (Fsp3) is 0.0588. The largest absolute Gasteiger partial charge is 0.347 e. The van der Waals surface area contributed by atoms with Crippen LogP contribution < -0.4 is 5.32 Å². The van der Waals surface area contributed by atoms with Gasteiger partial charge in [0, 0.05) is 6.07 Å². The Bertz CT molecular complexity index is 941. The van der Waals surface area contributed by atoms with Crippen LogP contribution >= 0.6 is 0 Å². The Morgan fingerprint density at radius 1 is 1.21 bits per heavy atom. The number of nitriles is 1. The van der Waals surface area contributed by atoms with E-state index < -0.39 is 4.92 Å². The van der Waals surface area contributed by atoms with Crippen LogP contribution in [0.25, 0.3) is 5.69 Å². The Morgan fingerprint density at radius 3 is 2.62 bits per heavy atom. The Balaban J connectivity index is 1.97. The average molecular weight is 319 g/mol. The van der Waals surface area contributed by atoms with E-state index in [1.165, 1.54) is 18.2 Å². The topological polar surface area (TPSA) is 96.8 Å². The van der Waals surface area contributed by atoms with Crippen LogP contribution in [0.1, 0.15) is 11.3 Å². The van der Waals surface area contributed by atoms with E-state index >= 15 is 0 Å². The number of hydrogen-bond acceptors (Lipinski definition) is 5. The quantitative estimate of drug-likeness (QED) is 0.584. The molecule has 0 radical (unpaired) electrons. The van der Waals surface area contributed by atoms with Crippen molar-refractivity contribution in [3.8, 4) is 11.8 Å². The molecule has 0 atom stereocenters.